The first-order chi connectivity index (χ1) is 28.1. The molecule has 0 aromatic heterocycles. The molecule has 58 heavy (non-hydrogen) atoms. The monoisotopic (exact) mass is 836 g/mol. The Morgan fingerprint density at radius 2 is 0.983 bits per heavy atom. The predicted octanol–water partition coefficient (Wildman–Crippen LogP) is 4.66. The first-order valence-corrected chi connectivity index (χ1v) is 23.3. The van der Waals surface area contributed by atoms with Gasteiger partial charge in [0.05, 0.1) is 32.0 Å². The van der Waals surface area contributed by atoms with E-state index in [0.29, 0.717) is 12.8 Å². The SMILES string of the molecule is CCCCCCCCCCCCCCCCCCCCCCCCCC(O)C(COC1OC(CO)C(OC2OC(CO)C(O)C(O)C2O)C(O)C1O)NC(=O)CCC. The molecule has 0 aromatic carbocycles. The van der Waals surface area contributed by atoms with Crippen molar-refractivity contribution in [2.75, 3.05) is 19.8 Å². The number of ether oxygens (including phenoxy) is 4. The highest BCUT2D eigenvalue weighted by atomic mass is 16.7. The number of aliphatic hydroxyl groups is 8. The fourth-order valence-electron chi connectivity index (χ4n) is 7.99. The lowest BCUT2D eigenvalue weighted by atomic mass is 9.97. The van der Waals surface area contributed by atoms with Gasteiger partial charge in [-0.25, -0.2) is 0 Å². The smallest absolute Gasteiger partial charge is 0.220 e. The summed E-state index contributed by atoms with van der Waals surface area (Å²) in [7, 11) is 0. The van der Waals surface area contributed by atoms with Crippen LogP contribution in [0.2, 0.25) is 0 Å². The van der Waals surface area contributed by atoms with E-state index in [1.165, 1.54) is 122 Å². The average molecular weight is 836 g/mol. The van der Waals surface area contributed by atoms with Crippen molar-refractivity contribution in [2.24, 2.45) is 0 Å². The highest BCUT2D eigenvalue weighted by Crippen LogP contribution is 2.30. The molecule has 14 nitrogen and oxygen atoms in total. The summed E-state index contributed by atoms with van der Waals surface area (Å²) in [5.74, 6) is -0.258. The van der Waals surface area contributed by atoms with Crippen molar-refractivity contribution in [3.8, 4) is 0 Å². The molecule has 2 aliphatic heterocycles. The molecule has 2 heterocycles. The van der Waals surface area contributed by atoms with Crippen molar-refractivity contribution in [3.63, 3.8) is 0 Å². The van der Waals surface area contributed by atoms with Gasteiger partial charge in [0, 0.05) is 6.42 Å². The van der Waals surface area contributed by atoms with Crippen LogP contribution in [-0.4, -0.2) is 140 Å². The van der Waals surface area contributed by atoms with Gasteiger partial charge in [-0.3, -0.25) is 4.79 Å². The van der Waals surface area contributed by atoms with Crippen LogP contribution >= 0.6 is 0 Å². The Hall–Kier alpha value is -1.01. The van der Waals surface area contributed by atoms with Crippen LogP contribution in [0, 0.1) is 0 Å². The summed E-state index contributed by atoms with van der Waals surface area (Å²) in [6.45, 7) is 2.49. The maximum absolute atomic E-state index is 12.5. The number of nitrogens with one attached hydrogen (secondary N) is 1. The van der Waals surface area contributed by atoms with Gasteiger partial charge in [-0.05, 0) is 12.8 Å². The summed E-state index contributed by atoms with van der Waals surface area (Å²) in [5, 5.41) is 85.7. The molecule has 9 N–H and O–H groups in total. The van der Waals surface area contributed by atoms with Crippen LogP contribution in [0.3, 0.4) is 0 Å². The highest BCUT2D eigenvalue weighted by molar-refractivity contribution is 5.76. The first kappa shape index (κ1) is 53.1. The summed E-state index contributed by atoms with van der Waals surface area (Å²) in [6.07, 6.45) is 14.6. The Morgan fingerprint density at radius 1 is 0.552 bits per heavy atom. The maximum Gasteiger partial charge on any atom is 0.220 e. The van der Waals surface area contributed by atoms with E-state index in [1.807, 2.05) is 6.92 Å². The van der Waals surface area contributed by atoms with Crippen molar-refractivity contribution in [1.29, 1.82) is 0 Å². The van der Waals surface area contributed by atoms with E-state index in [2.05, 4.69) is 12.2 Å². The molecule has 0 radical (unpaired) electrons. The normalized spacial score (nSPS) is 28.7. The number of amides is 1. The quantitative estimate of drug-likeness (QED) is 0.0397. The minimum atomic E-state index is -1.78. The topological polar surface area (TPSA) is 228 Å². The molecule has 0 aromatic rings. The van der Waals surface area contributed by atoms with Gasteiger partial charge >= 0.3 is 0 Å². The lowest BCUT2D eigenvalue weighted by Gasteiger charge is -2.46. The molecule has 12 unspecified atom stereocenters. The van der Waals surface area contributed by atoms with Gasteiger partial charge in [0.15, 0.2) is 12.6 Å². The van der Waals surface area contributed by atoms with Gasteiger partial charge in [-0.15, -0.1) is 0 Å². The number of rotatable bonds is 35. The van der Waals surface area contributed by atoms with Crippen LogP contribution in [0.1, 0.15) is 181 Å². The molecule has 2 rings (SSSR count). The minimum absolute atomic E-state index is 0.249. The minimum Gasteiger partial charge on any atom is -0.394 e. The van der Waals surface area contributed by atoms with Gasteiger partial charge in [-0.2, -0.15) is 0 Å². The lowest BCUT2D eigenvalue weighted by molar-refractivity contribution is -0.359. The third kappa shape index (κ3) is 20.7. The Bertz CT molecular complexity index is 993. The van der Waals surface area contributed by atoms with Crippen LogP contribution < -0.4 is 5.32 Å². The lowest BCUT2D eigenvalue weighted by Crippen LogP contribution is -2.65. The number of hydrogen-bond acceptors (Lipinski definition) is 13. The molecule has 0 aliphatic carbocycles. The van der Waals surface area contributed by atoms with Crippen molar-refractivity contribution in [2.45, 2.75) is 254 Å². The van der Waals surface area contributed by atoms with E-state index in [1.54, 1.807) is 0 Å². The Kier molecular flexibility index (Phi) is 29.9. The molecule has 2 fully saturated rings. The first-order valence-electron chi connectivity index (χ1n) is 23.3. The van der Waals surface area contributed by atoms with E-state index in [4.69, 9.17) is 18.9 Å². The second-order valence-electron chi connectivity index (χ2n) is 16.9. The van der Waals surface area contributed by atoms with Crippen LogP contribution in [0.25, 0.3) is 0 Å². The zero-order valence-corrected chi connectivity index (χ0v) is 36.1. The third-order valence-electron chi connectivity index (χ3n) is 11.8. The predicted molar refractivity (Wildman–Crippen MR) is 222 cm³/mol. The summed E-state index contributed by atoms with van der Waals surface area (Å²) in [4.78, 5) is 12.5. The number of unbranched alkanes of at least 4 members (excludes halogenated alkanes) is 22. The van der Waals surface area contributed by atoms with Crippen LogP contribution in [0.15, 0.2) is 0 Å². The van der Waals surface area contributed by atoms with Gasteiger partial charge in [0.25, 0.3) is 0 Å². The second kappa shape index (κ2) is 32.7. The van der Waals surface area contributed by atoms with E-state index in [0.717, 1.165) is 25.7 Å². The van der Waals surface area contributed by atoms with Crippen LogP contribution in [-0.2, 0) is 23.7 Å². The number of hydrogen-bond donors (Lipinski definition) is 9. The van der Waals surface area contributed by atoms with Gasteiger partial charge in [0.2, 0.25) is 5.91 Å². The molecule has 12 atom stereocenters. The Labute approximate surface area is 349 Å². The maximum atomic E-state index is 12.5. The van der Waals surface area contributed by atoms with Gasteiger partial charge in [-0.1, -0.05) is 162 Å². The summed E-state index contributed by atoms with van der Waals surface area (Å²) >= 11 is 0. The third-order valence-corrected chi connectivity index (χ3v) is 11.8. The molecule has 14 heteroatoms. The Balaban J connectivity index is 1.62. The molecular weight excluding hydrogens is 750 g/mol. The van der Waals surface area contributed by atoms with E-state index < -0.39 is 86.8 Å². The molecule has 1 amide bonds. The number of carbonyl (C=O) groups is 1. The molecular formula is C44H85NO13. The molecule has 344 valence electrons. The standard InChI is InChI=1S/C44H85NO13/c1-3-5-6-7-8-9-10-11-12-13-14-15-16-17-18-19-20-21-22-23-24-25-26-28-33(48)32(45-36(49)27-4-2)31-55-43-41(54)39(52)42(35(30-47)57-43)58-44-40(53)38(51)37(50)34(29-46)56-44/h32-35,37-44,46-48,50-54H,3-31H2,1-2H3,(H,45,49). The zero-order valence-electron chi connectivity index (χ0n) is 36.1. The van der Waals surface area contributed by atoms with Crippen molar-refractivity contribution >= 4 is 5.91 Å². The zero-order chi connectivity index (χ0) is 42.5. The molecule has 0 bridgehead atoms. The van der Waals surface area contributed by atoms with E-state index >= 15 is 0 Å². The van der Waals surface area contributed by atoms with Crippen LogP contribution in [0.5, 0.6) is 0 Å². The summed E-state index contributed by atoms with van der Waals surface area (Å²) in [5.41, 5.74) is 0. The second-order valence-corrected chi connectivity index (χ2v) is 16.9. The molecule has 0 spiro atoms. The molecule has 2 aliphatic rings. The fourth-order valence-corrected chi connectivity index (χ4v) is 7.99. The largest absolute Gasteiger partial charge is 0.394 e. The molecule has 0 saturated carbocycles. The fraction of sp³-hybridized carbons (Fsp3) is 0.977. The average Bonchev–Trinajstić information content (AvgIpc) is 3.21. The van der Waals surface area contributed by atoms with Crippen molar-refractivity contribution in [1.82, 2.24) is 5.32 Å². The van der Waals surface area contributed by atoms with E-state index in [-0.39, 0.29) is 18.9 Å². The van der Waals surface area contributed by atoms with E-state index in [9.17, 15) is 45.6 Å². The van der Waals surface area contributed by atoms with Crippen LogP contribution in [0.4, 0.5) is 0 Å². The van der Waals surface area contributed by atoms with Crippen molar-refractivity contribution in [3.05, 3.63) is 0 Å². The summed E-state index contributed by atoms with van der Waals surface area (Å²) in [6, 6.07) is -0.817. The number of carbonyl (C=O) groups excluding carboxylic acids is 1. The highest BCUT2D eigenvalue weighted by Gasteiger charge is 2.51. The molecule has 2 saturated heterocycles. The van der Waals surface area contributed by atoms with Gasteiger partial charge in [0.1, 0.15) is 48.8 Å². The Morgan fingerprint density at radius 3 is 1.43 bits per heavy atom. The van der Waals surface area contributed by atoms with Gasteiger partial charge < -0.3 is 65.1 Å². The summed E-state index contributed by atoms with van der Waals surface area (Å²) < 4.78 is 22.4. The number of aliphatic hydroxyl groups excluding tert-OH is 8. The van der Waals surface area contributed by atoms with Crippen molar-refractivity contribution < 1.29 is 64.6 Å².